The van der Waals surface area contributed by atoms with Gasteiger partial charge >= 0.3 is 0 Å². The first-order valence-electron chi connectivity index (χ1n) is 8.40. The van der Waals surface area contributed by atoms with Gasteiger partial charge in [0.1, 0.15) is 11.9 Å². The molecular formula is C20H22ClFN2O2. The van der Waals surface area contributed by atoms with Crippen molar-refractivity contribution in [2.24, 2.45) is 5.92 Å². The molecule has 2 amide bonds. The lowest BCUT2D eigenvalue weighted by Gasteiger charge is -2.24. The fourth-order valence-electron chi connectivity index (χ4n) is 2.50. The minimum absolute atomic E-state index is 0.114. The Morgan fingerprint density at radius 3 is 2.04 bits per heavy atom. The third-order valence-corrected chi connectivity index (χ3v) is 4.32. The SMILES string of the molecule is CC(NC(=O)[C@@H](NC(=O)c1ccc(F)cc1)C(C)C)c1ccc(Cl)cc1. The van der Waals surface area contributed by atoms with E-state index in [1.54, 1.807) is 12.1 Å². The van der Waals surface area contributed by atoms with E-state index in [1.165, 1.54) is 24.3 Å². The quantitative estimate of drug-likeness (QED) is 0.797. The zero-order valence-electron chi connectivity index (χ0n) is 14.9. The summed E-state index contributed by atoms with van der Waals surface area (Å²) in [5.74, 6) is -1.23. The van der Waals surface area contributed by atoms with E-state index in [9.17, 15) is 14.0 Å². The van der Waals surface area contributed by atoms with Crippen molar-refractivity contribution in [3.8, 4) is 0 Å². The minimum atomic E-state index is -0.706. The number of benzene rings is 2. The van der Waals surface area contributed by atoms with Crippen LogP contribution in [0.2, 0.25) is 5.02 Å². The highest BCUT2D eigenvalue weighted by Crippen LogP contribution is 2.17. The molecule has 0 aliphatic carbocycles. The Morgan fingerprint density at radius 1 is 0.923 bits per heavy atom. The third kappa shape index (κ3) is 5.30. The molecule has 0 aliphatic heterocycles. The van der Waals surface area contributed by atoms with Gasteiger partial charge in [-0.25, -0.2) is 4.39 Å². The number of rotatable bonds is 6. The van der Waals surface area contributed by atoms with Gasteiger partial charge in [-0.2, -0.15) is 0 Å². The van der Waals surface area contributed by atoms with E-state index in [2.05, 4.69) is 10.6 Å². The maximum Gasteiger partial charge on any atom is 0.251 e. The number of nitrogens with one attached hydrogen (secondary N) is 2. The highest BCUT2D eigenvalue weighted by molar-refractivity contribution is 6.30. The van der Waals surface area contributed by atoms with Gasteiger partial charge in [-0.1, -0.05) is 37.6 Å². The first-order valence-corrected chi connectivity index (χ1v) is 8.78. The lowest BCUT2D eigenvalue weighted by molar-refractivity contribution is -0.124. The summed E-state index contributed by atoms with van der Waals surface area (Å²) in [4.78, 5) is 25.0. The van der Waals surface area contributed by atoms with Gasteiger partial charge in [0.2, 0.25) is 5.91 Å². The molecule has 2 rings (SSSR count). The normalized spacial score (nSPS) is 13.2. The monoisotopic (exact) mass is 376 g/mol. The summed E-state index contributed by atoms with van der Waals surface area (Å²) in [6.07, 6.45) is 0. The van der Waals surface area contributed by atoms with Crippen molar-refractivity contribution < 1.29 is 14.0 Å². The van der Waals surface area contributed by atoms with Crippen LogP contribution in [-0.2, 0) is 4.79 Å². The van der Waals surface area contributed by atoms with Gasteiger partial charge in [-0.3, -0.25) is 9.59 Å². The fourth-order valence-corrected chi connectivity index (χ4v) is 2.62. The van der Waals surface area contributed by atoms with E-state index in [0.717, 1.165) is 5.56 Å². The Bertz CT molecular complexity index is 760. The lowest BCUT2D eigenvalue weighted by atomic mass is 10.0. The second-order valence-electron chi connectivity index (χ2n) is 6.48. The summed E-state index contributed by atoms with van der Waals surface area (Å²) >= 11 is 5.88. The number of carbonyl (C=O) groups is 2. The highest BCUT2D eigenvalue weighted by atomic mass is 35.5. The molecule has 2 atom stereocenters. The van der Waals surface area contributed by atoms with Crippen LogP contribution in [0.1, 0.15) is 42.7 Å². The summed E-state index contributed by atoms with van der Waals surface area (Å²) in [6.45, 7) is 5.56. The van der Waals surface area contributed by atoms with E-state index in [-0.39, 0.29) is 17.9 Å². The van der Waals surface area contributed by atoms with Crippen molar-refractivity contribution in [3.63, 3.8) is 0 Å². The van der Waals surface area contributed by atoms with Crippen molar-refractivity contribution in [1.82, 2.24) is 10.6 Å². The molecule has 26 heavy (non-hydrogen) atoms. The molecule has 0 saturated carbocycles. The zero-order chi connectivity index (χ0) is 19.3. The zero-order valence-corrected chi connectivity index (χ0v) is 15.7. The largest absolute Gasteiger partial charge is 0.348 e. The van der Waals surface area contributed by atoms with Crippen molar-refractivity contribution in [3.05, 3.63) is 70.5 Å². The average molecular weight is 377 g/mol. The molecule has 0 fully saturated rings. The van der Waals surface area contributed by atoms with E-state index in [0.29, 0.717) is 10.6 Å². The van der Waals surface area contributed by atoms with Crippen molar-refractivity contribution >= 4 is 23.4 Å². The molecule has 2 aromatic carbocycles. The standard InChI is InChI=1S/C20H22ClFN2O2/c1-12(2)18(24-19(25)15-6-10-17(22)11-7-15)20(26)23-13(3)14-4-8-16(21)9-5-14/h4-13,18H,1-3H3,(H,23,26)(H,24,25)/t13?,18-/m0/s1. The van der Waals surface area contributed by atoms with Crippen LogP contribution >= 0.6 is 11.6 Å². The Balaban J connectivity index is 2.05. The van der Waals surface area contributed by atoms with Crippen LogP contribution in [0.15, 0.2) is 48.5 Å². The molecular weight excluding hydrogens is 355 g/mol. The van der Waals surface area contributed by atoms with Gasteiger partial charge in [0.05, 0.1) is 6.04 Å². The molecule has 1 unspecified atom stereocenters. The summed E-state index contributed by atoms with van der Waals surface area (Å²) in [6, 6.07) is 11.5. The Labute approximate surface area is 157 Å². The van der Waals surface area contributed by atoms with Gasteiger partial charge in [-0.05, 0) is 54.8 Å². The van der Waals surface area contributed by atoms with Crippen LogP contribution in [0.4, 0.5) is 4.39 Å². The van der Waals surface area contributed by atoms with Gasteiger partial charge in [-0.15, -0.1) is 0 Å². The van der Waals surface area contributed by atoms with E-state index >= 15 is 0 Å². The van der Waals surface area contributed by atoms with Crippen LogP contribution in [0, 0.1) is 11.7 Å². The van der Waals surface area contributed by atoms with Crippen LogP contribution in [-0.4, -0.2) is 17.9 Å². The number of carbonyl (C=O) groups excluding carboxylic acids is 2. The minimum Gasteiger partial charge on any atom is -0.348 e. The molecule has 0 saturated heterocycles. The molecule has 2 N–H and O–H groups in total. The second-order valence-corrected chi connectivity index (χ2v) is 6.92. The highest BCUT2D eigenvalue weighted by Gasteiger charge is 2.26. The first-order chi connectivity index (χ1) is 12.3. The van der Waals surface area contributed by atoms with Crippen LogP contribution in [0.3, 0.4) is 0 Å². The molecule has 0 aromatic heterocycles. The predicted octanol–water partition coefficient (Wildman–Crippen LogP) is 4.11. The average Bonchev–Trinajstić information content (AvgIpc) is 2.60. The molecule has 4 nitrogen and oxygen atoms in total. The fraction of sp³-hybridized carbons (Fsp3) is 0.300. The summed E-state index contributed by atoms with van der Waals surface area (Å²) in [5.41, 5.74) is 1.21. The Hall–Kier alpha value is -2.40. The van der Waals surface area contributed by atoms with Crippen molar-refractivity contribution in [2.75, 3.05) is 0 Å². The smallest absolute Gasteiger partial charge is 0.251 e. The Kier molecular flexibility index (Phi) is 6.75. The van der Waals surface area contributed by atoms with Crippen molar-refractivity contribution in [1.29, 1.82) is 0 Å². The molecule has 138 valence electrons. The van der Waals surface area contributed by atoms with Gasteiger partial charge in [0.25, 0.3) is 5.91 Å². The van der Waals surface area contributed by atoms with Gasteiger partial charge in [0, 0.05) is 10.6 Å². The van der Waals surface area contributed by atoms with Crippen LogP contribution in [0.25, 0.3) is 0 Å². The molecule has 2 aromatic rings. The molecule has 0 bridgehead atoms. The number of amides is 2. The maximum absolute atomic E-state index is 13.0. The first kappa shape index (κ1) is 19.9. The Morgan fingerprint density at radius 2 is 1.50 bits per heavy atom. The molecule has 0 spiro atoms. The number of halogens is 2. The molecule has 6 heteroatoms. The van der Waals surface area contributed by atoms with Crippen LogP contribution < -0.4 is 10.6 Å². The van der Waals surface area contributed by atoms with Gasteiger partial charge in [0.15, 0.2) is 0 Å². The molecule has 0 heterocycles. The van der Waals surface area contributed by atoms with Gasteiger partial charge < -0.3 is 10.6 Å². The van der Waals surface area contributed by atoms with E-state index in [4.69, 9.17) is 11.6 Å². The summed E-state index contributed by atoms with van der Waals surface area (Å²) < 4.78 is 13.0. The molecule has 0 aliphatic rings. The lowest BCUT2D eigenvalue weighted by Crippen LogP contribution is -2.50. The summed E-state index contributed by atoms with van der Waals surface area (Å²) in [7, 11) is 0. The van der Waals surface area contributed by atoms with E-state index in [1.807, 2.05) is 32.9 Å². The maximum atomic E-state index is 13.0. The number of hydrogen-bond donors (Lipinski definition) is 2. The van der Waals surface area contributed by atoms with Crippen LogP contribution in [0.5, 0.6) is 0 Å². The summed E-state index contributed by atoms with van der Waals surface area (Å²) in [5, 5.41) is 6.25. The predicted molar refractivity (Wildman–Crippen MR) is 101 cm³/mol. The third-order valence-electron chi connectivity index (χ3n) is 4.07. The number of hydrogen-bond acceptors (Lipinski definition) is 2. The second kappa shape index (κ2) is 8.81. The van der Waals surface area contributed by atoms with Crippen molar-refractivity contribution in [2.45, 2.75) is 32.9 Å². The molecule has 0 radical (unpaired) electrons. The topological polar surface area (TPSA) is 58.2 Å². The van der Waals surface area contributed by atoms with E-state index < -0.39 is 17.8 Å².